The van der Waals surface area contributed by atoms with Crippen molar-refractivity contribution >= 4 is 17.2 Å². The summed E-state index contributed by atoms with van der Waals surface area (Å²) in [4.78, 5) is 28.5. The Bertz CT molecular complexity index is 1580. The molecule has 0 amide bonds. The summed E-state index contributed by atoms with van der Waals surface area (Å²) in [6, 6.07) is 6.52. The molecular weight excluding hydrogens is 518 g/mol. The van der Waals surface area contributed by atoms with Crippen LogP contribution in [0, 0.1) is 11.3 Å². The van der Waals surface area contributed by atoms with Crippen molar-refractivity contribution in [3.63, 3.8) is 0 Å². The largest absolute Gasteiger partial charge is 0.449 e. The third-order valence-electron chi connectivity index (χ3n) is 4.74. The molecule has 0 radical (unpaired) electrons. The Hall–Kier alpha value is -4.50. The molecule has 0 saturated carbocycles. The van der Waals surface area contributed by atoms with Crippen LogP contribution < -0.4 is 15.9 Å². The summed E-state index contributed by atoms with van der Waals surface area (Å²) in [5.74, 6) is -2.00. The summed E-state index contributed by atoms with van der Waals surface area (Å²) >= 11 is 5.88. The Balaban J connectivity index is 2.04. The molecule has 0 aliphatic carbocycles. The second-order valence-electron chi connectivity index (χ2n) is 7.38. The van der Waals surface area contributed by atoms with E-state index in [-0.39, 0.29) is 33.2 Å². The van der Waals surface area contributed by atoms with Gasteiger partial charge < -0.3 is 4.74 Å². The van der Waals surface area contributed by atoms with E-state index in [1.165, 1.54) is 31.2 Å². The number of halogens is 5. The van der Waals surface area contributed by atoms with Crippen LogP contribution in [0.3, 0.4) is 0 Å². The molecular formula is C24H16ClF4N5O3. The van der Waals surface area contributed by atoms with E-state index in [4.69, 9.17) is 21.6 Å². The fourth-order valence-corrected chi connectivity index (χ4v) is 3.21. The molecule has 0 fully saturated rings. The lowest BCUT2D eigenvalue weighted by Crippen LogP contribution is -2.27. The molecule has 0 bridgehead atoms. The molecule has 2 aromatic heterocycles. The molecule has 13 heteroatoms. The van der Waals surface area contributed by atoms with Crippen LogP contribution >= 0.6 is 11.6 Å². The summed E-state index contributed by atoms with van der Waals surface area (Å²) in [5, 5.41) is 15.1. The normalized spacial score (nSPS) is 12.0. The van der Waals surface area contributed by atoms with Gasteiger partial charge in [-0.05, 0) is 42.8 Å². The lowest BCUT2D eigenvalue weighted by molar-refractivity contribution is -0.142. The zero-order valence-corrected chi connectivity index (χ0v) is 19.7. The van der Waals surface area contributed by atoms with Gasteiger partial charge in [-0.25, -0.2) is 14.5 Å². The number of benzene rings is 1. The van der Waals surface area contributed by atoms with Gasteiger partial charge in [0.05, 0.1) is 30.2 Å². The highest BCUT2D eigenvalue weighted by atomic mass is 35.5. The number of rotatable bonds is 7. The van der Waals surface area contributed by atoms with Crippen LogP contribution in [-0.2, 0) is 12.7 Å². The molecule has 2 heterocycles. The highest BCUT2D eigenvalue weighted by Gasteiger charge is 2.38. The fraction of sp³-hybridized carbons (Fsp3) is 0.125. The third-order valence-corrected chi connectivity index (χ3v) is 4.96. The van der Waals surface area contributed by atoms with Crippen LogP contribution in [0.1, 0.15) is 29.4 Å². The molecule has 0 spiro atoms. The monoisotopic (exact) mass is 533 g/mol. The number of nitrogens with zero attached hydrogens (tertiary/aromatic N) is 4. The predicted octanol–water partition coefficient (Wildman–Crippen LogP) is 5.15. The van der Waals surface area contributed by atoms with Crippen molar-refractivity contribution in [1.82, 2.24) is 19.7 Å². The summed E-state index contributed by atoms with van der Waals surface area (Å²) < 4.78 is 60.1. The number of H-pyrrole nitrogens is 1. The molecule has 0 saturated heterocycles. The van der Waals surface area contributed by atoms with Gasteiger partial charge in [0.2, 0.25) is 5.75 Å². The van der Waals surface area contributed by atoms with Crippen LogP contribution in [0.4, 0.5) is 17.6 Å². The van der Waals surface area contributed by atoms with Crippen molar-refractivity contribution in [2.24, 2.45) is 0 Å². The van der Waals surface area contributed by atoms with Gasteiger partial charge in [-0.1, -0.05) is 30.3 Å². The van der Waals surface area contributed by atoms with Crippen molar-refractivity contribution in [3.05, 3.63) is 109 Å². The van der Waals surface area contributed by atoms with Crippen molar-refractivity contribution in [1.29, 1.82) is 5.26 Å². The first kappa shape index (κ1) is 27.1. The molecule has 3 rings (SSSR count). The predicted molar refractivity (Wildman–Crippen MR) is 127 cm³/mol. The third kappa shape index (κ3) is 6.59. The number of hydrogen-bond donors (Lipinski definition) is 1. The van der Waals surface area contributed by atoms with E-state index in [9.17, 15) is 27.2 Å². The maximum Gasteiger partial charge on any atom is 0.437 e. The first-order chi connectivity index (χ1) is 17.4. The summed E-state index contributed by atoms with van der Waals surface area (Å²) in [6.07, 6.45) is -0.856. The van der Waals surface area contributed by atoms with E-state index < -0.39 is 41.1 Å². The molecule has 1 N–H and O–H groups in total. The van der Waals surface area contributed by atoms with Crippen LogP contribution in [-0.4, -0.2) is 19.7 Å². The maximum absolute atomic E-state index is 13.6. The van der Waals surface area contributed by atoms with Gasteiger partial charge in [0, 0.05) is 10.6 Å². The van der Waals surface area contributed by atoms with E-state index in [0.29, 0.717) is 6.33 Å². The number of nitriles is 1. The number of ether oxygens (including phenoxy) is 1. The Morgan fingerprint density at radius 3 is 2.65 bits per heavy atom. The minimum Gasteiger partial charge on any atom is -0.449 e. The highest BCUT2D eigenvalue weighted by molar-refractivity contribution is 6.30. The summed E-state index contributed by atoms with van der Waals surface area (Å²) in [5.41, 5.74) is -3.30. The van der Waals surface area contributed by atoms with Crippen molar-refractivity contribution in [2.75, 3.05) is 0 Å². The van der Waals surface area contributed by atoms with Gasteiger partial charge in [-0.2, -0.15) is 23.5 Å². The number of hydrogen-bond acceptors (Lipinski definition) is 6. The minimum atomic E-state index is -5.04. The summed E-state index contributed by atoms with van der Waals surface area (Å²) in [6.45, 7) is 4.75. The molecule has 0 atom stereocenters. The van der Waals surface area contributed by atoms with Crippen molar-refractivity contribution in [2.45, 2.75) is 19.6 Å². The Morgan fingerprint density at radius 1 is 1.27 bits per heavy atom. The molecule has 3 aromatic rings. The van der Waals surface area contributed by atoms with E-state index in [1.54, 1.807) is 6.07 Å². The molecule has 190 valence electrons. The van der Waals surface area contributed by atoms with E-state index in [2.05, 4.69) is 21.8 Å². The average molecular weight is 534 g/mol. The minimum absolute atomic E-state index is 0.000353. The van der Waals surface area contributed by atoms with Crippen LogP contribution in [0.15, 0.2) is 70.8 Å². The van der Waals surface area contributed by atoms with Gasteiger partial charge in [-0.3, -0.25) is 14.2 Å². The average Bonchev–Trinajstić information content (AvgIpc) is 2.84. The van der Waals surface area contributed by atoms with Gasteiger partial charge in [-0.15, -0.1) is 0 Å². The second-order valence-corrected chi connectivity index (χ2v) is 7.81. The van der Waals surface area contributed by atoms with Crippen LogP contribution in [0.25, 0.3) is 5.57 Å². The van der Waals surface area contributed by atoms with Crippen molar-refractivity contribution in [3.8, 4) is 17.6 Å². The first-order valence-corrected chi connectivity index (χ1v) is 10.6. The number of nitrogens with one attached hydrogen (secondary N) is 1. The Labute approximate surface area is 211 Å². The molecule has 0 unspecified atom stereocenters. The topological polar surface area (TPSA) is 114 Å². The SMILES string of the molecule is C=C(/C=C\C(F)=C/C)c1cc(Cn2cnc(C(F)(F)F)c(Oc3cc(Cl)cc(C#N)c3)c2=O)n[nH]c1=O. The van der Waals surface area contributed by atoms with Crippen molar-refractivity contribution < 1.29 is 22.3 Å². The number of aromatic nitrogens is 4. The fourth-order valence-electron chi connectivity index (χ4n) is 2.99. The molecule has 8 nitrogen and oxygen atoms in total. The smallest absolute Gasteiger partial charge is 0.437 e. The first-order valence-electron chi connectivity index (χ1n) is 10.3. The lowest BCUT2D eigenvalue weighted by atomic mass is 10.1. The van der Waals surface area contributed by atoms with Crippen LogP contribution in [0.2, 0.25) is 5.02 Å². The standard InChI is InChI=1S/C24H16ClF4N5O3/c1-3-16(26)5-4-13(2)19-9-17(32-33-22(19)35)11-34-12-31-21(24(27,28)29)20(23(34)36)37-18-7-14(10-30)6-15(25)8-18/h3-9,12H,2,11H2,1H3,(H,33,35)/b5-4-,16-3+. The number of aromatic amines is 1. The van der Waals surface area contributed by atoms with Crippen LogP contribution in [0.5, 0.6) is 11.5 Å². The van der Waals surface area contributed by atoms with E-state index >= 15 is 0 Å². The van der Waals surface area contributed by atoms with Gasteiger partial charge >= 0.3 is 6.18 Å². The van der Waals surface area contributed by atoms with Gasteiger partial charge in [0.1, 0.15) is 11.6 Å². The molecule has 1 aromatic carbocycles. The van der Waals surface area contributed by atoms with E-state index in [1.807, 2.05) is 0 Å². The lowest BCUT2D eigenvalue weighted by Gasteiger charge is -2.15. The second kappa shape index (κ2) is 11.0. The summed E-state index contributed by atoms with van der Waals surface area (Å²) in [7, 11) is 0. The Morgan fingerprint density at radius 2 is 2.00 bits per heavy atom. The number of alkyl halides is 3. The molecule has 37 heavy (non-hydrogen) atoms. The maximum atomic E-state index is 13.6. The Kier molecular flexibility index (Phi) is 8.09. The quantitative estimate of drug-likeness (QED) is 0.332. The highest BCUT2D eigenvalue weighted by Crippen LogP contribution is 2.35. The zero-order valence-electron chi connectivity index (χ0n) is 18.9. The van der Waals surface area contributed by atoms with E-state index in [0.717, 1.165) is 22.8 Å². The van der Waals surface area contributed by atoms with Gasteiger partial charge in [0.25, 0.3) is 11.1 Å². The molecule has 0 aliphatic rings. The van der Waals surface area contributed by atoms with Gasteiger partial charge in [0.15, 0.2) is 5.69 Å². The molecule has 0 aliphatic heterocycles. The zero-order chi connectivity index (χ0) is 27.3. The number of allylic oxidation sites excluding steroid dienone is 5.